The summed E-state index contributed by atoms with van der Waals surface area (Å²) < 4.78 is 5.05. The Morgan fingerprint density at radius 1 is 1.30 bits per heavy atom. The van der Waals surface area contributed by atoms with Gasteiger partial charge in [0.15, 0.2) is 0 Å². The van der Waals surface area contributed by atoms with Crippen LogP contribution in [0.25, 0.3) is 0 Å². The number of nitrogens with one attached hydrogen (secondary N) is 1. The van der Waals surface area contributed by atoms with Crippen LogP contribution in [0.1, 0.15) is 15.9 Å². The molecule has 2 rings (SSSR count). The minimum Gasteiger partial charge on any atom is -0.497 e. The predicted octanol–water partition coefficient (Wildman–Crippen LogP) is 3.49. The van der Waals surface area contributed by atoms with Crippen LogP contribution in [0.15, 0.2) is 36.4 Å². The fourth-order valence-corrected chi connectivity index (χ4v) is 1.98. The number of rotatable bonds is 3. The number of ether oxygens (including phenoxy) is 1. The molecular weight excluding hydrogens is 276 g/mol. The summed E-state index contributed by atoms with van der Waals surface area (Å²) in [6.45, 7) is 1.84. The Balaban J connectivity index is 2.26. The van der Waals surface area contributed by atoms with Crippen LogP contribution in [0.3, 0.4) is 0 Å². The predicted molar refractivity (Wildman–Crippen MR) is 81.5 cm³/mol. The monoisotopic (exact) mass is 290 g/mol. The largest absolute Gasteiger partial charge is 0.497 e. The average molecular weight is 291 g/mol. The van der Waals surface area contributed by atoms with E-state index in [-0.39, 0.29) is 5.91 Å². The number of halogens is 1. The van der Waals surface area contributed by atoms with Gasteiger partial charge in [-0.1, -0.05) is 17.7 Å². The zero-order chi connectivity index (χ0) is 14.7. The second-order valence-corrected chi connectivity index (χ2v) is 4.73. The molecule has 0 unspecified atom stereocenters. The van der Waals surface area contributed by atoms with Gasteiger partial charge in [-0.05, 0) is 36.8 Å². The molecule has 2 aromatic rings. The number of hydrogen-bond donors (Lipinski definition) is 2. The first-order valence-electron chi connectivity index (χ1n) is 6.03. The fourth-order valence-electron chi connectivity index (χ4n) is 1.81. The smallest absolute Gasteiger partial charge is 0.257 e. The molecule has 0 aliphatic heterocycles. The van der Waals surface area contributed by atoms with Crippen molar-refractivity contribution in [3.8, 4) is 5.75 Å². The summed E-state index contributed by atoms with van der Waals surface area (Å²) in [7, 11) is 1.55. The average Bonchev–Trinajstić information content (AvgIpc) is 2.43. The van der Waals surface area contributed by atoms with Crippen molar-refractivity contribution in [1.29, 1.82) is 0 Å². The van der Waals surface area contributed by atoms with Gasteiger partial charge in [0.25, 0.3) is 5.91 Å². The SMILES string of the molecule is COc1ccc(C(=O)Nc2cccc(Cl)c2C)c(N)c1. The van der Waals surface area contributed by atoms with Gasteiger partial charge in [-0.15, -0.1) is 0 Å². The molecule has 0 aliphatic rings. The maximum Gasteiger partial charge on any atom is 0.257 e. The van der Waals surface area contributed by atoms with Gasteiger partial charge in [0, 0.05) is 22.5 Å². The highest BCUT2D eigenvalue weighted by Crippen LogP contribution is 2.25. The lowest BCUT2D eigenvalue weighted by atomic mass is 10.1. The number of carbonyl (C=O) groups excluding carboxylic acids is 1. The normalized spacial score (nSPS) is 10.2. The molecule has 4 nitrogen and oxygen atoms in total. The molecule has 0 aliphatic carbocycles. The fraction of sp³-hybridized carbons (Fsp3) is 0.133. The standard InChI is InChI=1S/C15H15ClN2O2/c1-9-12(16)4-3-5-14(9)18-15(19)11-7-6-10(20-2)8-13(11)17/h3-8H,17H2,1-2H3,(H,18,19). The third-order valence-corrected chi connectivity index (χ3v) is 3.43. The van der Waals surface area contributed by atoms with E-state index in [0.717, 1.165) is 5.56 Å². The van der Waals surface area contributed by atoms with Gasteiger partial charge in [-0.25, -0.2) is 0 Å². The van der Waals surface area contributed by atoms with Crippen LogP contribution in [0.2, 0.25) is 5.02 Å². The first-order chi connectivity index (χ1) is 9.52. The Bertz CT molecular complexity index is 656. The minimum absolute atomic E-state index is 0.282. The number of hydrogen-bond acceptors (Lipinski definition) is 3. The molecule has 0 bridgehead atoms. The van der Waals surface area contributed by atoms with E-state index < -0.39 is 0 Å². The van der Waals surface area contributed by atoms with E-state index in [4.69, 9.17) is 22.1 Å². The summed E-state index contributed by atoms with van der Waals surface area (Å²) in [5.74, 6) is 0.327. The van der Waals surface area contributed by atoms with E-state index in [1.807, 2.05) is 6.92 Å². The summed E-state index contributed by atoms with van der Waals surface area (Å²) in [6.07, 6.45) is 0. The van der Waals surface area contributed by atoms with Crippen molar-refractivity contribution in [3.63, 3.8) is 0 Å². The lowest BCUT2D eigenvalue weighted by Crippen LogP contribution is -2.14. The molecule has 20 heavy (non-hydrogen) atoms. The Morgan fingerprint density at radius 2 is 2.05 bits per heavy atom. The van der Waals surface area contributed by atoms with Gasteiger partial charge in [0.1, 0.15) is 5.75 Å². The van der Waals surface area contributed by atoms with Crippen LogP contribution in [0.5, 0.6) is 5.75 Å². The lowest BCUT2D eigenvalue weighted by Gasteiger charge is -2.11. The van der Waals surface area contributed by atoms with Crippen molar-refractivity contribution in [1.82, 2.24) is 0 Å². The van der Waals surface area contributed by atoms with E-state index in [1.165, 1.54) is 0 Å². The van der Waals surface area contributed by atoms with Gasteiger partial charge < -0.3 is 15.8 Å². The summed E-state index contributed by atoms with van der Waals surface area (Å²) >= 11 is 6.02. The van der Waals surface area contributed by atoms with Crippen molar-refractivity contribution in [3.05, 3.63) is 52.5 Å². The molecule has 5 heteroatoms. The van der Waals surface area contributed by atoms with Crippen LogP contribution < -0.4 is 15.8 Å². The molecule has 0 fully saturated rings. The van der Waals surface area contributed by atoms with Crippen LogP contribution in [0, 0.1) is 6.92 Å². The Labute approximate surface area is 122 Å². The van der Waals surface area contributed by atoms with Crippen molar-refractivity contribution < 1.29 is 9.53 Å². The van der Waals surface area contributed by atoms with Crippen LogP contribution >= 0.6 is 11.6 Å². The molecule has 3 N–H and O–H groups in total. The van der Waals surface area contributed by atoms with Gasteiger partial charge >= 0.3 is 0 Å². The van der Waals surface area contributed by atoms with Crippen LogP contribution in [-0.4, -0.2) is 13.0 Å². The lowest BCUT2D eigenvalue weighted by molar-refractivity contribution is 0.102. The number of methoxy groups -OCH3 is 1. The topological polar surface area (TPSA) is 64.3 Å². The molecule has 2 aromatic carbocycles. The summed E-state index contributed by atoms with van der Waals surface area (Å²) in [5.41, 5.74) is 8.09. The van der Waals surface area contributed by atoms with Gasteiger partial charge in [0.2, 0.25) is 0 Å². The van der Waals surface area contributed by atoms with E-state index in [9.17, 15) is 4.79 Å². The van der Waals surface area contributed by atoms with E-state index in [0.29, 0.717) is 27.7 Å². The van der Waals surface area contributed by atoms with Crippen LogP contribution in [0.4, 0.5) is 11.4 Å². The first kappa shape index (κ1) is 14.2. The highest BCUT2D eigenvalue weighted by atomic mass is 35.5. The molecule has 0 heterocycles. The summed E-state index contributed by atoms with van der Waals surface area (Å²) in [5, 5.41) is 3.40. The Hall–Kier alpha value is -2.20. The highest BCUT2D eigenvalue weighted by molar-refractivity contribution is 6.31. The summed E-state index contributed by atoms with van der Waals surface area (Å²) in [4.78, 5) is 12.2. The van der Waals surface area contributed by atoms with Crippen molar-refractivity contribution in [2.75, 3.05) is 18.2 Å². The zero-order valence-corrected chi connectivity index (χ0v) is 12.0. The maximum atomic E-state index is 12.2. The van der Waals surface area contributed by atoms with E-state index in [2.05, 4.69) is 5.32 Å². The van der Waals surface area contributed by atoms with Gasteiger partial charge in [-0.3, -0.25) is 4.79 Å². The molecule has 0 saturated heterocycles. The van der Waals surface area contributed by atoms with Crippen molar-refractivity contribution in [2.24, 2.45) is 0 Å². The Kier molecular flexibility index (Phi) is 4.15. The number of nitrogen functional groups attached to an aromatic ring is 1. The molecule has 1 amide bonds. The number of benzene rings is 2. The van der Waals surface area contributed by atoms with Crippen molar-refractivity contribution >= 4 is 28.9 Å². The Morgan fingerprint density at radius 3 is 2.70 bits per heavy atom. The van der Waals surface area contributed by atoms with E-state index >= 15 is 0 Å². The number of amides is 1. The molecule has 0 spiro atoms. The summed E-state index contributed by atoms with van der Waals surface area (Å²) in [6, 6.07) is 10.3. The second kappa shape index (κ2) is 5.84. The minimum atomic E-state index is -0.282. The second-order valence-electron chi connectivity index (χ2n) is 4.32. The highest BCUT2D eigenvalue weighted by Gasteiger charge is 2.12. The zero-order valence-electron chi connectivity index (χ0n) is 11.2. The third kappa shape index (κ3) is 2.86. The number of anilines is 2. The third-order valence-electron chi connectivity index (χ3n) is 3.02. The maximum absolute atomic E-state index is 12.2. The first-order valence-corrected chi connectivity index (χ1v) is 6.40. The molecule has 0 saturated carbocycles. The molecule has 0 aromatic heterocycles. The van der Waals surface area contributed by atoms with Crippen LogP contribution in [-0.2, 0) is 0 Å². The molecule has 104 valence electrons. The quantitative estimate of drug-likeness (QED) is 0.851. The van der Waals surface area contributed by atoms with Crippen molar-refractivity contribution in [2.45, 2.75) is 6.92 Å². The van der Waals surface area contributed by atoms with Gasteiger partial charge in [-0.2, -0.15) is 0 Å². The number of carbonyl (C=O) groups is 1. The number of nitrogens with two attached hydrogens (primary N) is 1. The molecule has 0 radical (unpaired) electrons. The molecule has 0 atom stereocenters. The molecular formula is C15H15ClN2O2. The van der Waals surface area contributed by atoms with Gasteiger partial charge in [0.05, 0.1) is 12.7 Å². The van der Waals surface area contributed by atoms with E-state index in [1.54, 1.807) is 43.5 Å².